The molecular formula is C21H22FNO3. The number of anilines is 1. The number of benzene rings is 2. The van der Waals surface area contributed by atoms with Crippen molar-refractivity contribution in [2.24, 2.45) is 5.92 Å². The molecule has 0 bridgehead atoms. The number of halogens is 1. The van der Waals surface area contributed by atoms with Crippen LogP contribution in [0.4, 0.5) is 14.9 Å². The smallest absolute Gasteiger partial charge is 0.421 e. The van der Waals surface area contributed by atoms with Gasteiger partial charge in [0.15, 0.2) is 0 Å². The van der Waals surface area contributed by atoms with Crippen LogP contribution in [0.3, 0.4) is 0 Å². The number of amides is 2. The highest BCUT2D eigenvalue weighted by Gasteiger charge is 2.39. The number of nitrogens with zero attached hydrogens (tertiary/aromatic N) is 1. The van der Waals surface area contributed by atoms with E-state index in [0.29, 0.717) is 12.0 Å². The molecule has 2 amide bonds. The van der Waals surface area contributed by atoms with Gasteiger partial charge in [-0.3, -0.25) is 4.79 Å². The van der Waals surface area contributed by atoms with Gasteiger partial charge < -0.3 is 4.74 Å². The maximum absolute atomic E-state index is 14.4. The second-order valence-corrected chi connectivity index (χ2v) is 7.48. The minimum atomic E-state index is -0.771. The Kier molecular flexibility index (Phi) is 4.81. The van der Waals surface area contributed by atoms with Crippen molar-refractivity contribution in [3.63, 3.8) is 0 Å². The lowest BCUT2D eigenvalue weighted by atomic mass is 9.87. The zero-order chi connectivity index (χ0) is 18.9. The summed E-state index contributed by atoms with van der Waals surface area (Å²) in [6.45, 7) is 5.19. The van der Waals surface area contributed by atoms with E-state index in [9.17, 15) is 14.0 Å². The van der Waals surface area contributed by atoms with Crippen LogP contribution in [-0.2, 0) is 22.4 Å². The molecule has 0 unspecified atom stereocenters. The average Bonchev–Trinajstić information content (AvgIpc) is 2.55. The zero-order valence-electron chi connectivity index (χ0n) is 15.2. The summed E-state index contributed by atoms with van der Waals surface area (Å²) in [5.41, 5.74) is 0.860. The molecule has 5 heteroatoms. The number of carbonyl (C=O) groups is 2. The van der Waals surface area contributed by atoms with Gasteiger partial charge in [-0.15, -0.1) is 0 Å². The molecular weight excluding hydrogens is 333 g/mol. The maximum Gasteiger partial charge on any atom is 0.421 e. The highest BCUT2D eigenvalue weighted by Crippen LogP contribution is 2.34. The van der Waals surface area contributed by atoms with E-state index in [0.717, 1.165) is 10.5 Å². The van der Waals surface area contributed by atoms with Crippen molar-refractivity contribution >= 4 is 17.7 Å². The first-order chi connectivity index (χ1) is 12.3. The van der Waals surface area contributed by atoms with E-state index >= 15 is 0 Å². The van der Waals surface area contributed by atoms with Crippen molar-refractivity contribution in [1.29, 1.82) is 0 Å². The largest absolute Gasteiger partial charge is 0.443 e. The van der Waals surface area contributed by atoms with Gasteiger partial charge in [0.05, 0.1) is 5.69 Å². The van der Waals surface area contributed by atoms with E-state index in [1.807, 2.05) is 30.3 Å². The number of ether oxygens (including phenoxy) is 1. The fraction of sp³-hybridized carbons (Fsp3) is 0.333. The SMILES string of the molecule is CC(C)(C)OC(=O)N1C(=O)[C@@H](Cc2ccccc2)Cc2c(F)cccc21. The van der Waals surface area contributed by atoms with Crippen molar-refractivity contribution in [2.45, 2.75) is 39.2 Å². The molecule has 2 aromatic rings. The summed E-state index contributed by atoms with van der Waals surface area (Å²) in [6, 6.07) is 13.9. The standard InChI is InChI=1S/C21H22FNO3/c1-21(2,3)26-20(25)23-18-11-7-10-17(22)16(18)13-15(19(23)24)12-14-8-5-4-6-9-14/h4-11,15H,12-13H2,1-3H3/t15-/m0/s1. The molecule has 1 aliphatic heterocycles. The maximum atomic E-state index is 14.4. The van der Waals surface area contributed by atoms with Crippen LogP contribution < -0.4 is 4.90 Å². The van der Waals surface area contributed by atoms with Gasteiger partial charge in [0.25, 0.3) is 0 Å². The molecule has 0 aromatic heterocycles. The van der Waals surface area contributed by atoms with E-state index in [2.05, 4.69) is 0 Å². The van der Waals surface area contributed by atoms with Crippen LogP contribution in [-0.4, -0.2) is 17.6 Å². The van der Waals surface area contributed by atoms with Crippen molar-refractivity contribution in [2.75, 3.05) is 4.90 Å². The van der Waals surface area contributed by atoms with Gasteiger partial charge in [0, 0.05) is 11.5 Å². The monoisotopic (exact) mass is 355 g/mol. The summed E-state index contributed by atoms with van der Waals surface area (Å²) in [5, 5.41) is 0. The number of fused-ring (bicyclic) bond motifs is 1. The van der Waals surface area contributed by atoms with Crippen LogP contribution in [0.15, 0.2) is 48.5 Å². The van der Waals surface area contributed by atoms with E-state index in [1.54, 1.807) is 26.8 Å². The predicted molar refractivity (Wildman–Crippen MR) is 97.5 cm³/mol. The number of imide groups is 1. The molecule has 0 saturated heterocycles. The fourth-order valence-electron chi connectivity index (χ4n) is 3.15. The normalized spacial score (nSPS) is 17.0. The number of hydrogen-bond acceptors (Lipinski definition) is 3. The molecule has 3 rings (SSSR count). The van der Waals surface area contributed by atoms with Gasteiger partial charge in [0.2, 0.25) is 5.91 Å². The number of rotatable bonds is 2. The van der Waals surface area contributed by atoms with Crippen LogP contribution in [0, 0.1) is 11.7 Å². The fourth-order valence-corrected chi connectivity index (χ4v) is 3.15. The summed E-state index contributed by atoms with van der Waals surface area (Å²) in [5.74, 6) is -1.29. The Hall–Kier alpha value is -2.69. The van der Waals surface area contributed by atoms with Crippen LogP contribution in [0.1, 0.15) is 31.9 Å². The highest BCUT2D eigenvalue weighted by molar-refractivity contribution is 6.15. The Labute approximate surface area is 152 Å². The van der Waals surface area contributed by atoms with Gasteiger partial charge in [0.1, 0.15) is 11.4 Å². The topological polar surface area (TPSA) is 46.6 Å². The van der Waals surface area contributed by atoms with E-state index in [1.165, 1.54) is 12.1 Å². The van der Waals surface area contributed by atoms with Crippen molar-refractivity contribution in [1.82, 2.24) is 0 Å². The molecule has 0 spiro atoms. The van der Waals surface area contributed by atoms with Crippen LogP contribution in [0.2, 0.25) is 0 Å². The molecule has 4 nitrogen and oxygen atoms in total. The third-order valence-corrected chi connectivity index (χ3v) is 4.26. The third kappa shape index (κ3) is 3.77. The molecule has 0 fully saturated rings. The Bertz CT molecular complexity index is 827. The second kappa shape index (κ2) is 6.90. The molecule has 0 aliphatic carbocycles. The van der Waals surface area contributed by atoms with Crippen molar-refractivity contribution in [3.05, 3.63) is 65.5 Å². The summed E-state index contributed by atoms with van der Waals surface area (Å²) in [6.07, 6.45) is -0.0750. The summed E-state index contributed by atoms with van der Waals surface area (Å²) in [7, 11) is 0. The molecule has 1 atom stereocenters. The van der Waals surface area contributed by atoms with Gasteiger partial charge in [-0.05, 0) is 51.3 Å². The first-order valence-electron chi connectivity index (χ1n) is 8.64. The molecule has 26 heavy (non-hydrogen) atoms. The predicted octanol–water partition coefficient (Wildman–Crippen LogP) is 4.51. The third-order valence-electron chi connectivity index (χ3n) is 4.26. The minimum absolute atomic E-state index is 0.259. The Morgan fingerprint density at radius 3 is 2.50 bits per heavy atom. The lowest BCUT2D eigenvalue weighted by Gasteiger charge is -2.34. The lowest BCUT2D eigenvalue weighted by molar-refractivity contribution is -0.122. The Morgan fingerprint density at radius 2 is 1.85 bits per heavy atom. The van der Waals surface area contributed by atoms with E-state index < -0.39 is 23.4 Å². The van der Waals surface area contributed by atoms with Gasteiger partial charge in [-0.1, -0.05) is 36.4 Å². The quantitative estimate of drug-likeness (QED) is 0.796. The Morgan fingerprint density at radius 1 is 1.15 bits per heavy atom. The van der Waals surface area contributed by atoms with Gasteiger partial charge in [-0.25, -0.2) is 14.1 Å². The van der Waals surface area contributed by atoms with Crippen LogP contribution in [0.5, 0.6) is 0 Å². The molecule has 0 radical (unpaired) electrons. The molecule has 136 valence electrons. The van der Waals surface area contributed by atoms with Crippen molar-refractivity contribution < 1.29 is 18.7 Å². The van der Waals surface area contributed by atoms with Crippen LogP contribution in [0.25, 0.3) is 0 Å². The van der Waals surface area contributed by atoms with Gasteiger partial charge in [-0.2, -0.15) is 0 Å². The van der Waals surface area contributed by atoms with E-state index in [-0.39, 0.29) is 18.0 Å². The highest BCUT2D eigenvalue weighted by atomic mass is 19.1. The lowest BCUT2D eigenvalue weighted by Crippen LogP contribution is -2.48. The molecule has 2 aromatic carbocycles. The van der Waals surface area contributed by atoms with Gasteiger partial charge >= 0.3 is 6.09 Å². The number of hydrogen-bond donors (Lipinski definition) is 0. The first kappa shape index (κ1) is 18.1. The van der Waals surface area contributed by atoms with E-state index in [4.69, 9.17) is 4.74 Å². The molecule has 1 aliphatic rings. The zero-order valence-corrected chi connectivity index (χ0v) is 15.2. The average molecular weight is 355 g/mol. The molecule has 0 saturated carbocycles. The summed E-state index contributed by atoms with van der Waals surface area (Å²) < 4.78 is 19.8. The molecule has 0 N–H and O–H groups in total. The first-order valence-corrected chi connectivity index (χ1v) is 8.64. The number of carbonyl (C=O) groups excluding carboxylic acids is 2. The molecule has 1 heterocycles. The second-order valence-electron chi connectivity index (χ2n) is 7.48. The van der Waals surface area contributed by atoms with Crippen LogP contribution >= 0.6 is 0 Å². The summed E-state index contributed by atoms with van der Waals surface area (Å²) in [4.78, 5) is 26.7. The summed E-state index contributed by atoms with van der Waals surface area (Å²) >= 11 is 0. The Balaban J connectivity index is 1.98. The minimum Gasteiger partial charge on any atom is -0.443 e. The van der Waals surface area contributed by atoms with Crippen molar-refractivity contribution in [3.8, 4) is 0 Å².